The zero-order valence-electron chi connectivity index (χ0n) is 32.9. The Morgan fingerprint density at radius 1 is 0.490 bits per heavy atom. The molecule has 1 aliphatic carbocycles. The molecule has 3 fully saturated rings. The van der Waals surface area contributed by atoms with Gasteiger partial charge >= 0.3 is 11.9 Å². The summed E-state index contributed by atoms with van der Waals surface area (Å²) in [6.45, 7) is 5.44. The minimum Gasteiger partial charge on any atom is -0.465 e. The summed E-state index contributed by atoms with van der Waals surface area (Å²) < 4.78 is 17.4. The van der Waals surface area contributed by atoms with E-state index in [2.05, 4.69) is 13.8 Å². The number of carbonyl (C=O) groups is 2. The molecule has 3 unspecified atom stereocenters. The molecule has 0 radical (unpaired) electrons. The van der Waals surface area contributed by atoms with Crippen LogP contribution in [0.1, 0.15) is 239 Å². The van der Waals surface area contributed by atoms with E-state index >= 15 is 0 Å². The lowest BCUT2D eigenvalue weighted by Crippen LogP contribution is -2.70. The Balaban J connectivity index is 1.40. The zero-order valence-corrected chi connectivity index (χ0v) is 32.9. The molecule has 3 atom stereocenters. The van der Waals surface area contributed by atoms with Crippen molar-refractivity contribution in [3.8, 4) is 0 Å². The van der Waals surface area contributed by atoms with Gasteiger partial charge in [-0.05, 0) is 32.1 Å². The van der Waals surface area contributed by atoms with Crippen LogP contribution >= 0.6 is 0 Å². The topological polar surface area (TPSA) is 61.8 Å². The van der Waals surface area contributed by atoms with Crippen molar-refractivity contribution in [1.82, 2.24) is 0 Å². The van der Waals surface area contributed by atoms with E-state index in [4.69, 9.17) is 14.2 Å². The number of esters is 2. The fourth-order valence-electron chi connectivity index (χ4n) is 8.11. The average molecular weight is 691 g/mol. The minimum absolute atomic E-state index is 0.185. The number of hydrogen-bond donors (Lipinski definition) is 0. The van der Waals surface area contributed by atoms with Crippen molar-refractivity contribution in [2.45, 2.75) is 250 Å². The minimum atomic E-state index is -1.09. The summed E-state index contributed by atoms with van der Waals surface area (Å²) in [7, 11) is 0. The summed E-state index contributed by atoms with van der Waals surface area (Å²) >= 11 is 0. The number of unbranched alkanes of at least 4 members (excludes halogenated alkanes) is 30. The third-order valence-electron chi connectivity index (χ3n) is 11.3. The van der Waals surface area contributed by atoms with Gasteiger partial charge in [0.05, 0.1) is 19.3 Å². The van der Waals surface area contributed by atoms with Crippen molar-refractivity contribution >= 4 is 11.9 Å². The third-order valence-corrected chi connectivity index (χ3v) is 11.3. The first-order valence-corrected chi connectivity index (χ1v) is 22.2. The maximum absolute atomic E-state index is 13.1. The van der Waals surface area contributed by atoms with Crippen LogP contribution in [0.5, 0.6) is 0 Å². The van der Waals surface area contributed by atoms with E-state index in [1.165, 1.54) is 180 Å². The van der Waals surface area contributed by atoms with E-state index in [-0.39, 0.29) is 18.0 Å². The average Bonchev–Trinajstić information content (AvgIpc) is 3.10. The van der Waals surface area contributed by atoms with Crippen LogP contribution in [-0.4, -0.2) is 36.9 Å². The molecule has 2 bridgehead atoms. The van der Waals surface area contributed by atoms with E-state index in [1.807, 2.05) is 0 Å². The molecule has 2 aliphatic heterocycles. The molecule has 0 aromatic heterocycles. The van der Waals surface area contributed by atoms with Crippen LogP contribution in [0.25, 0.3) is 0 Å². The molecule has 0 spiro atoms. The molecule has 2 heterocycles. The molecule has 0 N–H and O–H groups in total. The first-order chi connectivity index (χ1) is 24.2. The summed E-state index contributed by atoms with van der Waals surface area (Å²) in [5.74, 6) is -1.08. The Hall–Kier alpha value is -1.10. The second kappa shape index (κ2) is 30.5. The standard InChI is InChI=1S/C44H82O5/c1-3-5-7-9-11-13-15-17-19-21-23-25-27-29-31-33-38-47-42(45)41-40-36-35-37-44(41,49-40)43(46)48-39-34-32-30-28-26-24-22-20-18-16-14-12-10-8-6-4-2/h40-41H,3-39H2,1-2H3. The number of carbonyl (C=O) groups excluding carboxylic acids is 2. The molecule has 0 aromatic carbocycles. The SMILES string of the molecule is CCCCCCCCCCCCCCCCCCOC(=O)C1C2CCCC1(C(=O)OCCCCCCCCCCCCCCCCCC)O2. The Labute approximate surface area is 304 Å². The van der Waals surface area contributed by atoms with Crippen LogP contribution in [0.4, 0.5) is 0 Å². The van der Waals surface area contributed by atoms with Crippen molar-refractivity contribution in [2.24, 2.45) is 5.92 Å². The van der Waals surface area contributed by atoms with Gasteiger partial charge in [0.15, 0.2) is 5.60 Å². The van der Waals surface area contributed by atoms with Gasteiger partial charge in [0.1, 0.15) is 5.92 Å². The quantitative estimate of drug-likeness (QED) is 0.0484. The second-order valence-electron chi connectivity index (χ2n) is 15.8. The largest absolute Gasteiger partial charge is 0.465 e. The van der Waals surface area contributed by atoms with Crippen LogP contribution < -0.4 is 0 Å². The van der Waals surface area contributed by atoms with Gasteiger partial charge in [0.2, 0.25) is 0 Å². The molecule has 0 aromatic rings. The lowest BCUT2D eigenvalue weighted by Gasteiger charge is -2.54. The van der Waals surface area contributed by atoms with Gasteiger partial charge in [-0.2, -0.15) is 0 Å². The Bertz CT molecular complexity index is 779. The van der Waals surface area contributed by atoms with Crippen molar-refractivity contribution < 1.29 is 23.8 Å². The van der Waals surface area contributed by atoms with Crippen molar-refractivity contribution in [3.63, 3.8) is 0 Å². The second-order valence-corrected chi connectivity index (χ2v) is 15.8. The molecule has 49 heavy (non-hydrogen) atoms. The van der Waals surface area contributed by atoms with Gasteiger partial charge in [-0.15, -0.1) is 0 Å². The Morgan fingerprint density at radius 2 is 0.816 bits per heavy atom. The van der Waals surface area contributed by atoms with Crippen LogP contribution in [0.3, 0.4) is 0 Å². The highest BCUT2D eigenvalue weighted by molar-refractivity contribution is 5.90. The first kappa shape index (κ1) is 44.1. The predicted octanol–water partition coefficient (Wildman–Crippen LogP) is 13.5. The monoisotopic (exact) mass is 691 g/mol. The van der Waals surface area contributed by atoms with Gasteiger partial charge in [-0.3, -0.25) is 4.79 Å². The van der Waals surface area contributed by atoms with Crippen LogP contribution in [0.15, 0.2) is 0 Å². The Morgan fingerprint density at radius 3 is 1.16 bits per heavy atom. The van der Waals surface area contributed by atoms with Crippen molar-refractivity contribution in [3.05, 3.63) is 0 Å². The smallest absolute Gasteiger partial charge is 0.339 e. The molecule has 2 saturated heterocycles. The van der Waals surface area contributed by atoms with Gasteiger partial charge in [-0.1, -0.05) is 206 Å². The summed E-state index contributed by atoms with van der Waals surface area (Å²) in [6, 6.07) is 0. The van der Waals surface area contributed by atoms with Gasteiger partial charge in [0, 0.05) is 0 Å². The third kappa shape index (κ3) is 19.9. The fraction of sp³-hybridized carbons (Fsp3) is 0.955. The molecular formula is C44H82O5. The molecule has 5 heteroatoms. The molecule has 3 aliphatic rings. The van der Waals surface area contributed by atoms with E-state index in [1.54, 1.807) is 0 Å². The molecule has 0 amide bonds. The number of fused-ring (bicyclic) bond motifs is 2. The highest BCUT2D eigenvalue weighted by Gasteiger charge is 2.67. The highest BCUT2D eigenvalue weighted by Crippen LogP contribution is 2.50. The van der Waals surface area contributed by atoms with Crippen molar-refractivity contribution in [1.29, 1.82) is 0 Å². The Kier molecular flexibility index (Phi) is 27.4. The molecular weight excluding hydrogens is 608 g/mol. The zero-order chi connectivity index (χ0) is 35.1. The molecule has 1 saturated carbocycles. The maximum atomic E-state index is 13.1. The van der Waals surface area contributed by atoms with E-state index in [0.29, 0.717) is 19.6 Å². The predicted molar refractivity (Wildman–Crippen MR) is 206 cm³/mol. The van der Waals surface area contributed by atoms with Gasteiger partial charge in [-0.25, -0.2) is 4.79 Å². The van der Waals surface area contributed by atoms with Gasteiger partial charge in [0.25, 0.3) is 0 Å². The fourth-order valence-corrected chi connectivity index (χ4v) is 8.11. The number of rotatable bonds is 36. The molecule has 5 nitrogen and oxygen atoms in total. The van der Waals surface area contributed by atoms with Crippen LogP contribution in [0, 0.1) is 5.92 Å². The lowest BCUT2D eigenvalue weighted by atomic mass is 9.67. The summed E-state index contributed by atoms with van der Waals surface area (Å²) in [6.07, 6.45) is 44.5. The summed E-state index contributed by atoms with van der Waals surface area (Å²) in [5.41, 5.74) is -1.09. The van der Waals surface area contributed by atoms with E-state index in [0.717, 1.165) is 38.5 Å². The van der Waals surface area contributed by atoms with Crippen LogP contribution in [-0.2, 0) is 23.8 Å². The summed E-state index contributed by atoms with van der Waals surface area (Å²) in [5, 5.41) is 0. The normalized spacial score (nSPS) is 19.9. The number of hydrogen-bond acceptors (Lipinski definition) is 5. The maximum Gasteiger partial charge on any atom is 0.339 e. The van der Waals surface area contributed by atoms with E-state index < -0.39 is 11.5 Å². The molecule has 288 valence electrons. The van der Waals surface area contributed by atoms with Crippen molar-refractivity contribution in [2.75, 3.05) is 13.2 Å². The first-order valence-electron chi connectivity index (χ1n) is 22.2. The number of ether oxygens (including phenoxy) is 3. The molecule has 3 rings (SSSR count). The highest BCUT2D eigenvalue weighted by atomic mass is 16.6. The summed E-state index contributed by atoms with van der Waals surface area (Å²) in [4.78, 5) is 26.1. The lowest BCUT2D eigenvalue weighted by molar-refractivity contribution is -0.284. The van der Waals surface area contributed by atoms with E-state index in [9.17, 15) is 9.59 Å². The van der Waals surface area contributed by atoms with Crippen LogP contribution in [0.2, 0.25) is 0 Å². The van der Waals surface area contributed by atoms with Gasteiger partial charge < -0.3 is 14.2 Å².